The molecular weight excluding hydrogens is 561 g/mol. The molecule has 0 aromatic heterocycles. The van der Waals surface area contributed by atoms with Gasteiger partial charge in [-0.1, -0.05) is 66.2 Å². The van der Waals surface area contributed by atoms with Gasteiger partial charge < -0.3 is 4.74 Å². The van der Waals surface area contributed by atoms with Crippen LogP contribution in [0.4, 0.5) is 13.2 Å². The zero-order chi connectivity index (χ0) is 30.6. The van der Waals surface area contributed by atoms with Gasteiger partial charge in [-0.3, -0.25) is 0 Å². The number of hydrogen-bond acceptors (Lipinski definition) is 4. The molecule has 0 aliphatic carbocycles. The molecule has 7 aromatic rings. The van der Waals surface area contributed by atoms with Crippen molar-refractivity contribution in [2.45, 2.75) is 13.3 Å². The van der Waals surface area contributed by atoms with Gasteiger partial charge in [0.2, 0.25) is 6.19 Å². The predicted octanol–water partition coefficient (Wildman–Crippen LogP) is 8.83. The summed E-state index contributed by atoms with van der Waals surface area (Å²) in [5, 5.41) is 21.4. The van der Waals surface area contributed by atoms with E-state index in [2.05, 4.69) is 31.9 Å². The normalized spacial score (nSPS) is 12.8. The highest BCUT2D eigenvalue weighted by Gasteiger charge is 2.31. The van der Waals surface area contributed by atoms with E-state index in [1.165, 1.54) is 18.2 Å². The summed E-state index contributed by atoms with van der Waals surface area (Å²) in [6, 6.07) is 29.6. The monoisotopic (exact) mass is 580 g/mol. The number of nitriles is 1. The molecule has 8 heteroatoms. The summed E-state index contributed by atoms with van der Waals surface area (Å²) in [4.78, 5) is 7.56. The van der Waals surface area contributed by atoms with Crippen LogP contribution in [0.5, 0.6) is 5.75 Å². The maximum atomic E-state index is 12.8. The van der Waals surface area contributed by atoms with E-state index in [0.717, 1.165) is 54.4 Å². The molecule has 0 radical (unpaired) electrons. The van der Waals surface area contributed by atoms with Gasteiger partial charge in [-0.2, -0.15) is 16.8 Å². The number of nitrogens with zero attached hydrogens (tertiary/aromatic N) is 4. The first-order valence-electron chi connectivity index (χ1n) is 13.6. The Bertz CT molecular complexity index is 2510. The summed E-state index contributed by atoms with van der Waals surface area (Å²) in [6.45, 7) is 9.58. The second-order valence-electron chi connectivity index (χ2n) is 10.5. The van der Waals surface area contributed by atoms with E-state index in [1.807, 2.05) is 73.8 Å². The number of ether oxygens (including phenoxy) is 1. The Hall–Kier alpha value is -5.99. The van der Waals surface area contributed by atoms with Gasteiger partial charge in [-0.25, -0.2) is 0 Å². The molecule has 0 unspecified atom stereocenters. The lowest BCUT2D eigenvalue weighted by molar-refractivity contribution is -0.274. The van der Waals surface area contributed by atoms with E-state index >= 15 is 0 Å². The molecule has 0 saturated carbocycles. The zero-order valence-electron chi connectivity index (χ0n) is 23.1. The van der Waals surface area contributed by atoms with Crippen LogP contribution in [0.1, 0.15) is 5.56 Å². The van der Waals surface area contributed by atoms with Crippen molar-refractivity contribution in [2.24, 2.45) is 10.1 Å². The smallest absolute Gasteiger partial charge is 0.406 e. The minimum Gasteiger partial charge on any atom is -0.406 e. The maximum absolute atomic E-state index is 12.8. The van der Waals surface area contributed by atoms with E-state index in [0.29, 0.717) is 27.2 Å². The predicted molar refractivity (Wildman–Crippen MR) is 164 cm³/mol. The van der Waals surface area contributed by atoms with E-state index in [9.17, 15) is 18.4 Å². The number of halogens is 3. The standard InChI is InChI=1S/C36H19F3N4O/c1-20-5-3-6-21(13-20)23-9-12-27-29-17-32-28(18-33(29)35(43-41-2)31(27)16-23)26-11-10-24(15-30(26)34(32)42-19-40)22-7-4-8-25(14-22)44-36(37,38)39/h3-18H,1H3/b42-34+,43-35+. The molecule has 44 heavy (non-hydrogen) atoms. The van der Waals surface area contributed by atoms with Gasteiger partial charge in [0, 0.05) is 21.5 Å². The fraction of sp³-hybridized carbons (Fsp3) is 0.0556. The molecule has 7 rings (SSSR count). The van der Waals surface area contributed by atoms with Crippen LogP contribution < -0.4 is 15.5 Å². The van der Waals surface area contributed by atoms with Crippen molar-refractivity contribution < 1.29 is 17.9 Å². The fourth-order valence-electron chi connectivity index (χ4n) is 6.06. The van der Waals surface area contributed by atoms with Crippen LogP contribution in [0, 0.1) is 25.0 Å². The van der Waals surface area contributed by atoms with E-state index in [-0.39, 0.29) is 5.75 Å². The Morgan fingerprint density at radius 2 is 1.20 bits per heavy atom. The summed E-state index contributed by atoms with van der Waals surface area (Å²) in [6.07, 6.45) is -2.89. The van der Waals surface area contributed by atoms with Gasteiger partial charge in [0.15, 0.2) is 5.36 Å². The van der Waals surface area contributed by atoms with Gasteiger partial charge in [-0.05, 0) is 87.1 Å². The van der Waals surface area contributed by atoms with Crippen LogP contribution in [-0.4, -0.2) is 6.36 Å². The molecule has 0 heterocycles. The number of alkyl halides is 3. The Kier molecular flexibility index (Phi) is 6.16. The molecule has 0 atom stereocenters. The number of fused-ring (bicyclic) bond motifs is 6. The minimum atomic E-state index is -4.80. The van der Waals surface area contributed by atoms with Crippen molar-refractivity contribution >= 4 is 43.1 Å². The molecule has 7 aromatic carbocycles. The van der Waals surface area contributed by atoms with Gasteiger partial charge >= 0.3 is 6.36 Å². The lowest BCUT2D eigenvalue weighted by Crippen LogP contribution is -2.17. The van der Waals surface area contributed by atoms with E-state index < -0.39 is 6.36 Å². The van der Waals surface area contributed by atoms with Gasteiger partial charge in [-0.15, -0.1) is 18.1 Å². The van der Waals surface area contributed by atoms with Crippen LogP contribution in [0.2, 0.25) is 0 Å². The summed E-state index contributed by atoms with van der Waals surface area (Å²) in [5.74, 6) is -0.322. The zero-order valence-corrected chi connectivity index (χ0v) is 23.1. The third kappa shape index (κ3) is 4.50. The molecule has 0 aliphatic heterocycles. The second kappa shape index (κ2) is 10.1. The molecule has 5 nitrogen and oxygen atoms in total. The van der Waals surface area contributed by atoms with Crippen LogP contribution in [0.3, 0.4) is 0 Å². The second-order valence-corrected chi connectivity index (χ2v) is 10.5. The third-order valence-electron chi connectivity index (χ3n) is 7.86. The summed E-state index contributed by atoms with van der Waals surface area (Å²) < 4.78 is 42.6. The van der Waals surface area contributed by atoms with Crippen molar-refractivity contribution in [3.05, 3.63) is 125 Å². The highest BCUT2D eigenvalue weighted by Crippen LogP contribution is 2.36. The molecule has 210 valence electrons. The number of rotatable bonds is 3. The fourth-order valence-corrected chi connectivity index (χ4v) is 6.06. The molecule has 0 N–H and O–H groups in total. The Morgan fingerprint density at radius 3 is 1.80 bits per heavy atom. The molecule has 0 fully saturated rings. The molecule has 0 aliphatic rings. The number of aryl methyl sites for hydroxylation is 1. The Labute approximate surface area is 248 Å². The van der Waals surface area contributed by atoms with E-state index in [1.54, 1.807) is 6.07 Å². The SMILES string of the molecule is [C-]#[N+]/N=c1\c2cc(-c3cccc(C)c3)ccc2c2cc3/c(=N/C#N)c4cc(-c5cccc(OC(F)(F)F)c5)ccc4c3cc12. The van der Waals surface area contributed by atoms with Crippen LogP contribution in [-0.2, 0) is 0 Å². The highest BCUT2D eigenvalue weighted by molar-refractivity contribution is 6.21. The first-order valence-corrected chi connectivity index (χ1v) is 13.6. The summed E-state index contributed by atoms with van der Waals surface area (Å²) in [7, 11) is 0. The average Bonchev–Trinajstić information content (AvgIpc) is 3.46. The van der Waals surface area contributed by atoms with Crippen LogP contribution in [0.15, 0.2) is 107 Å². The van der Waals surface area contributed by atoms with Crippen LogP contribution >= 0.6 is 0 Å². The van der Waals surface area contributed by atoms with Gasteiger partial charge in [0.05, 0.1) is 10.5 Å². The van der Waals surface area contributed by atoms with Crippen molar-refractivity contribution in [3.63, 3.8) is 0 Å². The van der Waals surface area contributed by atoms with Gasteiger partial charge in [0.25, 0.3) is 0 Å². The molecule has 0 amide bonds. The molecule has 0 spiro atoms. The van der Waals surface area contributed by atoms with Crippen LogP contribution in [0.25, 0.3) is 70.3 Å². The highest BCUT2D eigenvalue weighted by atomic mass is 19.4. The Morgan fingerprint density at radius 1 is 0.659 bits per heavy atom. The lowest BCUT2D eigenvalue weighted by Gasteiger charge is -2.10. The quantitative estimate of drug-likeness (QED) is 0.119. The first-order chi connectivity index (χ1) is 21.2. The van der Waals surface area contributed by atoms with E-state index in [4.69, 9.17) is 6.57 Å². The van der Waals surface area contributed by atoms with Crippen molar-refractivity contribution in [2.75, 3.05) is 0 Å². The molecule has 0 saturated heterocycles. The summed E-state index contributed by atoms with van der Waals surface area (Å²) >= 11 is 0. The third-order valence-corrected chi connectivity index (χ3v) is 7.86. The molecule has 0 bridgehead atoms. The number of benzene rings is 5. The maximum Gasteiger partial charge on any atom is 0.573 e. The number of hydrogen-bond donors (Lipinski definition) is 0. The first kappa shape index (κ1) is 26.9. The Balaban J connectivity index is 1.48. The minimum absolute atomic E-state index is 0.322. The molecular formula is C36H19F3N4O. The van der Waals surface area contributed by atoms with Gasteiger partial charge in [0.1, 0.15) is 5.75 Å². The lowest BCUT2D eigenvalue weighted by atomic mass is 10.0. The van der Waals surface area contributed by atoms with Crippen molar-refractivity contribution in [1.29, 1.82) is 5.26 Å². The largest absolute Gasteiger partial charge is 0.573 e. The summed E-state index contributed by atoms with van der Waals surface area (Å²) in [5.41, 5.74) is 4.39. The van der Waals surface area contributed by atoms with Crippen molar-refractivity contribution in [1.82, 2.24) is 0 Å². The average molecular weight is 581 g/mol. The van der Waals surface area contributed by atoms with Crippen molar-refractivity contribution in [3.8, 4) is 34.2 Å². The topological polar surface area (TPSA) is 62.1 Å².